The van der Waals surface area contributed by atoms with Crippen molar-refractivity contribution in [2.24, 2.45) is 0 Å². The number of aromatic nitrogens is 3. The van der Waals surface area contributed by atoms with E-state index >= 15 is 0 Å². The third-order valence-electron chi connectivity index (χ3n) is 4.24. The number of nitrogens with zero attached hydrogens (tertiary/aromatic N) is 3. The summed E-state index contributed by atoms with van der Waals surface area (Å²) in [6.45, 7) is 2.21. The van der Waals surface area contributed by atoms with Crippen LogP contribution in [0, 0.1) is 0 Å². The maximum atomic E-state index is 10.7. The van der Waals surface area contributed by atoms with Gasteiger partial charge in [0, 0.05) is 6.54 Å². The van der Waals surface area contributed by atoms with Crippen LogP contribution in [-0.2, 0) is 9.59 Å². The van der Waals surface area contributed by atoms with E-state index in [9.17, 15) is 9.59 Å². The average Bonchev–Trinajstić information content (AvgIpc) is 2.69. The molecule has 1 aromatic rings. The van der Waals surface area contributed by atoms with Crippen LogP contribution >= 0.6 is 0 Å². The van der Waals surface area contributed by atoms with E-state index in [0.29, 0.717) is 6.54 Å². The molecule has 29 heavy (non-hydrogen) atoms. The van der Waals surface area contributed by atoms with Gasteiger partial charge in [-0.3, -0.25) is 9.59 Å². The van der Waals surface area contributed by atoms with Crippen LogP contribution < -0.4 is 16.0 Å². The molecule has 0 unspecified atom stereocenters. The Labute approximate surface area is 171 Å². The van der Waals surface area contributed by atoms with Gasteiger partial charge in [0.1, 0.15) is 13.1 Å². The summed E-state index contributed by atoms with van der Waals surface area (Å²) in [6, 6.07) is 0. The molecule has 0 aliphatic rings. The first-order valence-electron chi connectivity index (χ1n) is 10.4. The Morgan fingerprint density at radius 3 is 1.45 bits per heavy atom. The number of unbranched alkanes of at least 4 members (excludes halogenated alkanes) is 9. The van der Waals surface area contributed by atoms with E-state index < -0.39 is 11.9 Å². The van der Waals surface area contributed by atoms with Gasteiger partial charge in [0.2, 0.25) is 17.8 Å². The van der Waals surface area contributed by atoms with Crippen LogP contribution in [0.5, 0.6) is 0 Å². The first-order chi connectivity index (χ1) is 14.0. The van der Waals surface area contributed by atoms with Gasteiger partial charge in [-0.05, 0) is 6.42 Å². The number of hydrogen-bond acceptors (Lipinski definition) is 8. The number of carboxylic acids is 2. The van der Waals surface area contributed by atoms with Crippen LogP contribution in [-0.4, -0.2) is 56.7 Å². The van der Waals surface area contributed by atoms with E-state index in [1.54, 1.807) is 0 Å². The third kappa shape index (κ3) is 13.2. The lowest BCUT2D eigenvalue weighted by molar-refractivity contribution is -0.135. The fourth-order valence-corrected chi connectivity index (χ4v) is 2.74. The molecule has 164 valence electrons. The molecule has 10 nitrogen and oxygen atoms in total. The number of rotatable bonds is 18. The van der Waals surface area contributed by atoms with Crippen molar-refractivity contribution in [1.82, 2.24) is 15.0 Å². The molecule has 1 heterocycles. The highest BCUT2D eigenvalue weighted by Crippen LogP contribution is 2.12. The van der Waals surface area contributed by atoms with Gasteiger partial charge in [-0.2, -0.15) is 15.0 Å². The van der Waals surface area contributed by atoms with Crippen LogP contribution in [0.1, 0.15) is 71.1 Å². The maximum absolute atomic E-state index is 10.7. The normalized spacial score (nSPS) is 10.5. The van der Waals surface area contributed by atoms with E-state index in [1.807, 2.05) is 0 Å². The number of nitrogens with one attached hydrogen (secondary N) is 3. The molecule has 0 aliphatic heterocycles. The maximum Gasteiger partial charge on any atom is 0.322 e. The molecular weight excluding hydrogens is 376 g/mol. The summed E-state index contributed by atoms with van der Waals surface area (Å²) >= 11 is 0. The minimum atomic E-state index is -1.05. The molecule has 0 atom stereocenters. The SMILES string of the molecule is CCCCCCCCCCCCNc1nc(NCC(=O)O)nc(NCC(=O)O)n1. The quantitative estimate of drug-likeness (QED) is 0.228. The molecule has 0 aliphatic carbocycles. The molecule has 0 bridgehead atoms. The Hall–Kier alpha value is -2.65. The molecule has 0 aromatic carbocycles. The van der Waals surface area contributed by atoms with E-state index in [-0.39, 0.29) is 30.9 Å². The van der Waals surface area contributed by atoms with Crippen LogP contribution in [0.25, 0.3) is 0 Å². The summed E-state index contributed by atoms with van der Waals surface area (Å²) in [4.78, 5) is 33.6. The third-order valence-corrected chi connectivity index (χ3v) is 4.24. The van der Waals surface area contributed by atoms with Crippen molar-refractivity contribution in [3.63, 3.8) is 0 Å². The Morgan fingerprint density at radius 1 is 0.655 bits per heavy atom. The summed E-state index contributed by atoms with van der Waals surface area (Å²) in [5, 5.41) is 25.7. The van der Waals surface area contributed by atoms with Crippen molar-refractivity contribution >= 4 is 29.8 Å². The van der Waals surface area contributed by atoms with Crippen molar-refractivity contribution in [1.29, 1.82) is 0 Å². The molecule has 0 saturated heterocycles. The number of carboxylic acid groups (broad SMARTS) is 2. The molecular formula is C19H34N6O4. The van der Waals surface area contributed by atoms with E-state index in [2.05, 4.69) is 37.8 Å². The molecule has 10 heteroatoms. The summed E-state index contributed by atoms with van der Waals surface area (Å²) in [5.74, 6) is -1.69. The lowest BCUT2D eigenvalue weighted by Crippen LogP contribution is -2.19. The summed E-state index contributed by atoms with van der Waals surface area (Å²) in [6.07, 6.45) is 12.5. The van der Waals surface area contributed by atoms with Gasteiger partial charge in [-0.15, -0.1) is 0 Å². The number of hydrogen-bond donors (Lipinski definition) is 5. The highest BCUT2D eigenvalue weighted by molar-refractivity contribution is 5.73. The second kappa shape index (κ2) is 15.3. The zero-order valence-corrected chi connectivity index (χ0v) is 17.2. The predicted molar refractivity (Wildman–Crippen MR) is 112 cm³/mol. The van der Waals surface area contributed by atoms with Crippen LogP contribution in [0.3, 0.4) is 0 Å². The molecule has 1 rings (SSSR count). The molecule has 0 saturated carbocycles. The zero-order valence-electron chi connectivity index (χ0n) is 17.2. The van der Waals surface area contributed by atoms with Gasteiger partial charge in [0.25, 0.3) is 0 Å². The minimum absolute atomic E-state index is 0.0702. The number of aliphatic carboxylic acids is 2. The van der Waals surface area contributed by atoms with Gasteiger partial charge in [-0.1, -0.05) is 64.7 Å². The van der Waals surface area contributed by atoms with Crippen molar-refractivity contribution < 1.29 is 19.8 Å². The Kier molecular flexibility index (Phi) is 12.9. The van der Waals surface area contributed by atoms with E-state index in [0.717, 1.165) is 12.8 Å². The molecule has 5 N–H and O–H groups in total. The van der Waals surface area contributed by atoms with E-state index in [4.69, 9.17) is 10.2 Å². The Bertz CT molecular complexity index is 578. The zero-order chi connectivity index (χ0) is 21.3. The second-order valence-electron chi connectivity index (χ2n) is 6.91. The highest BCUT2D eigenvalue weighted by atomic mass is 16.4. The Balaban J connectivity index is 2.33. The van der Waals surface area contributed by atoms with Crippen molar-refractivity contribution in [3.8, 4) is 0 Å². The Morgan fingerprint density at radius 2 is 1.03 bits per heavy atom. The van der Waals surface area contributed by atoms with Crippen LogP contribution in [0.2, 0.25) is 0 Å². The average molecular weight is 411 g/mol. The molecule has 0 radical (unpaired) electrons. The second-order valence-corrected chi connectivity index (χ2v) is 6.91. The van der Waals surface area contributed by atoms with Gasteiger partial charge in [-0.25, -0.2) is 0 Å². The number of anilines is 3. The lowest BCUT2D eigenvalue weighted by atomic mass is 10.1. The standard InChI is InChI=1S/C19H34N6O4/c1-2-3-4-5-6-7-8-9-10-11-12-20-17-23-18(21-13-15(26)27)25-19(24-17)22-14-16(28)29/h2-14H2,1H3,(H,26,27)(H,28,29)(H3,20,21,22,23,24,25). The summed E-state index contributed by atoms with van der Waals surface area (Å²) in [5.41, 5.74) is 0. The first-order valence-corrected chi connectivity index (χ1v) is 10.4. The van der Waals surface area contributed by atoms with Crippen molar-refractivity contribution in [2.75, 3.05) is 35.6 Å². The molecule has 1 aromatic heterocycles. The fraction of sp³-hybridized carbons (Fsp3) is 0.737. The monoisotopic (exact) mass is 410 g/mol. The molecule has 0 spiro atoms. The topological polar surface area (TPSA) is 149 Å². The van der Waals surface area contributed by atoms with Gasteiger partial charge in [0.15, 0.2) is 0 Å². The van der Waals surface area contributed by atoms with Gasteiger partial charge < -0.3 is 26.2 Å². The predicted octanol–water partition coefficient (Wildman–Crippen LogP) is 3.20. The largest absolute Gasteiger partial charge is 0.480 e. The van der Waals surface area contributed by atoms with Crippen LogP contribution in [0.4, 0.5) is 17.8 Å². The first kappa shape index (κ1) is 24.4. The smallest absolute Gasteiger partial charge is 0.322 e. The van der Waals surface area contributed by atoms with Gasteiger partial charge in [0.05, 0.1) is 0 Å². The fourth-order valence-electron chi connectivity index (χ4n) is 2.74. The minimum Gasteiger partial charge on any atom is -0.480 e. The lowest BCUT2D eigenvalue weighted by Gasteiger charge is -2.10. The summed E-state index contributed by atoms with van der Waals surface area (Å²) in [7, 11) is 0. The van der Waals surface area contributed by atoms with Crippen molar-refractivity contribution in [2.45, 2.75) is 71.1 Å². The number of carbonyl (C=O) groups is 2. The summed E-state index contributed by atoms with van der Waals surface area (Å²) < 4.78 is 0. The van der Waals surface area contributed by atoms with E-state index in [1.165, 1.54) is 51.4 Å². The van der Waals surface area contributed by atoms with Crippen LogP contribution in [0.15, 0.2) is 0 Å². The molecule has 0 amide bonds. The molecule has 0 fully saturated rings. The highest BCUT2D eigenvalue weighted by Gasteiger charge is 2.08. The van der Waals surface area contributed by atoms with Crippen molar-refractivity contribution in [3.05, 3.63) is 0 Å². The van der Waals surface area contributed by atoms with Gasteiger partial charge >= 0.3 is 11.9 Å².